The molecule has 0 radical (unpaired) electrons. The van der Waals surface area contributed by atoms with Crippen LogP contribution in [-0.2, 0) is 4.79 Å². The Balaban J connectivity index is 3.58. The molecule has 0 saturated heterocycles. The van der Waals surface area contributed by atoms with Crippen LogP contribution < -0.4 is 5.73 Å². The minimum Gasteiger partial charge on any atom is -0.366 e. The highest BCUT2D eigenvalue weighted by Crippen LogP contribution is 1.99. The van der Waals surface area contributed by atoms with E-state index >= 15 is 0 Å². The number of primary amides is 1. The molecule has 58 valence electrons. The lowest BCUT2D eigenvalue weighted by molar-refractivity contribution is -0.114. The van der Waals surface area contributed by atoms with Crippen molar-refractivity contribution in [2.45, 2.75) is 33.1 Å². The smallest absolute Gasteiger partial charge is 0.244 e. The Labute approximate surface area is 62.1 Å². The average Bonchev–Trinajstić information content (AvgIpc) is 1.88. The van der Waals surface area contributed by atoms with E-state index in [0.29, 0.717) is 5.57 Å². The third-order valence-electron chi connectivity index (χ3n) is 1.40. The lowest BCUT2D eigenvalue weighted by atomic mass is 10.2. The zero-order valence-electron chi connectivity index (χ0n) is 6.68. The van der Waals surface area contributed by atoms with Gasteiger partial charge in [-0.1, -0.05) is 25.8 Å². The predicted octanol–water partition coefficient (Wildman–Crippen LogP) is 1.61. The van der Waals surface area contributed by atoms with Crippen molar-refractivity contribution in [1.29, 1.82) is 0 Å². The monoisotopic (exact) mass is 141 g/mol. The molecular formula is C8H15NO. The van der Waals surface area contributed by atoms with Gasteiger partial charge in [0.25, 0.3) is 0 Å². The quantitative estimate of drug-likeness (QED) is 0.469. The van der Waals surface area contributed by atoms with Crippen molar-refractivity contribution in [1.82, 2.24) is 0 Å². The number of allylic oxidation sites excluding steroid dienone is 1. The number of hydrogen-bond acceptors (Lipinski definition) is 1. The predicted molar refractivity (Wildman–Crippen MR) is 42.5 cm³/mol. The molecule has 0 spiro atoms. The van der Waals surface area contributed by atoms with Gasteiger partial charge in [0.2, 0.25) is 5.91 Å². The number of hydrogen-bond donors (Lipinski definition) is 1. The van der Waals surface area contributed by atoms with Gasteiger partial charge in [-0.2, -0.15) is 0 Å². The Hall–Kier alpha value is -0.790. The second kappa shape index (κ2) is 5.03. The molecule has 0 aliphatic rings. The van der Waals surface area contributed by atoms with Gasteiger partial charge in [0.15, 0.2) is 0 Å². The van der Waals surface area contributed by atoms with E-state index < -0.39 is 0 Å². The van der Waals surface area contributed by atoms with Crippen LogP contribution in [0.4, 0.5) is 0 Å². The fourth-order valence-electron chi connectivity index (χ4n) is 0.623. The van der Waals surface area contributed by atoms with Gasteiger partial charge >= 0.3 is 0 Å². The summed E-state index contributed by atoms with van der Waals surface area (Å²) >= 11 is 0. The molecule has 10 heavy (non-hydrogen) atoms. The van der Waals surface area contributed by atoms with E-state index in [1.807, 2.05) is 6.08 Å². The lowest BCUT2D eigenvalue weighted by Gasteiger charge is -1.92. The van der Waals surface area contributed by atoms with E-state index in [2.05, 4.69) is 6.92 Å². The highest BCUT2D eigenvalue weighted by molar-refractivity contribution is 5.91. The van der Waals surface area contributed by atoms with E-state index in [9.17, 15) is 4.79 Å². The van der Waals surface area contributed by atoms with Gasteiger partial charge in [-0.15, -0.1) is 0 Å². The molecule has 2 N–H and O–H groups in total. The first-order valence-electron chi connectivity index (χ1n) is 3.65. The molecule has 0 atom stereocenters. The Kier molecular flexibility index (Phi) is 4.63. The fraction of sp³-hybridized carbons (Fsp3) is 0.625. The van der Waals surface area contributed by atoms with Crippen molar-refractivity contribution in [3.63, 3.8) is 0 Å². The molecule has 0 aliphatic carbocycles. The highest BCUT2D eigenvalue weighted by atomic mass is 16.1. The molecule has 0 heterocycles. The molecule has 0 bridgehead atoms. The number of carbonyl (C=O) groups is 1. The molecule has 0 fully saturated rings. The molecule has 0 rings (SSSR count). The molecule has 0 aliphatic heterocycles. The fourth-order valence-corrected chi connectivity index (χ4v) is 0.623. The van der Waals surface area contributed by atoms with Gasteiger partial charge in [0.1, 0.15) is 0 Å². The first-order valence-corrected chi connectivity index (χ1v) is 3.65. The van der Waals surface area contributed by atoms with E-state index in [1.165, 1.54) is 0 Å². The second-order valence-corrected chi connectivity index (χ2v) is 2.39. The normalized spacial score (nSPS) is 11.6. The summed E-state index contributed by atoms with van der Waals surface area (Å²) in [4.78, 5) is 10.4. The summed E-state index contributed by atoms with van der Waals surface area (Å²) in [5.41, 5.74) is 5.69. The van der Waals surface area contributed by atoms with Crippen molar-refractivity contribution >= 4 is 5.91 Å². The van der Waals surface area contributed by atoms with Crippen LogP contribution in [-0.4, -0.2) is 5.91 Å². The number of rotatable bonds is 4. The molecule has 2 nitrogen and oxygen atoms in total. The summed E-state index contributed by atoms with van der Waals surface area (Å²) in [5.74, 6) is -0.309. The molecule has 0 aromatic heterocycles. The van der Waals surface area contributed by atoms with E-state index in [1.54, 1.807) is 6.92 Å². The summed E-state index contributed by atoms with van der Waals surface area (Å²) in [7, 11) is 0. The summed E-state index contributed by atoms with van der Waals surface area (Å²) in [5, 5.41) is 0. The SMILES string of the molecule is CCCC/C=C(/C)C(N)=O. The van der Waals surface area contributed by atoms with Gasteiger partial charge < -0.3 is 5.73 Å². The first kappa shape index (κ1) is 9.21. The molecule has 2 heteroatoms. The van der Waals surface area contributed by atoms with Crippen LogP contribution in [0.2, 0.25) is 0 Å². The zero-order valence-corrected chi connectivity index (χ0v) is 6.68. The topological polar surface area (TPSA) is 43.1 Å². The van der Waals surface area contributed by atoms with Gasteiger partial charge in [-0.25, -0.2) is 0 Å². The molecule has 1 amide bonds. The van der Waals surface area contributed by atoms with E-state index in [4.69, 9.17) is 5.73 Å². The van der Waals surface area contributed by atoms with Gasteiger partial charge in [0.05, 0.1) is 0 Å². The maximum Gasteiger partial charge on any atom is 0.244 e. The first-order chi connectivity index (χ1) is 4.68. The van der Waals surface area contributed by atoms with E-state index in [0.717, 1.165) is 19.3 Å². The maximum absolute atomic E-state index is 10.4. The third-order valence-corrected chi connectivity index (χ3v) is 1.40. The van der Waals surface area contributed by atoms with Crippen molar-refractivity contribution in [2.24, 2.45) is 5.73 Å². The van der Waals surface area contributed by atoms with Crippen molar-refractivity contribution in [3.05, 3.63) is 11.6 Å². The molecular weight excluding hydrogens is 126 g/mol. The largest absolute Gasteiger partial charge is 0.366 e. The van der Waals surface area contributed by atoms with Crippen molar-refractivity contribution in [3.8, 4) is 0 Å². The van der Waals surface area contributed by atoms with Crippen molar-refractivity contribution in [2.75, 3.05) is 0 Å². The van der Waals surface area contributed by atoms with Crippen LogP contribution in [0.5, 0.6) is 0 Å². The number of amides is 1. The summed E-state index contributed by atoms with van der Waals surface area (Å²) in [6, 6.07) is 0. The van der Waals surface area contributed by atoms with Crippen LogP contribution in [0.15, 0.2) is 11.6 Å². The third kappa shape index (κ3) is 4.13. The lowest BCUT2D eigenvalue weighted by Crippen LogP contribution is -2.11. The molecule has 0 aromatic carbocycles. The summed E-state index contributed by atoms with van der Waals surface area (Å²) in [6.45, 7) is 3.87. The average molecular weight is 141 g/mol. The van der Waals surface area contributed by atoms with Crippen LogP contribution in [0.1, 0.15) is 33.1 Å². The number of unbranched alkanes of at least 4 members (excludes halogenated alkanes) is 2. The van der Waals surface area contributed by atoms with Crippen molar-refractivity contribution < 1.29 is 4.79 Å². The Morgan fingerprint density at radius 3 is 2.60 bits per heavy atom. The highest BCUT2D eigenvalue weighted by Gasteiger charge is 1.93. The maximum atomic E-state index is 10.4. The summed E-state index contributed by atoms with van der Waals surface area (Å²) < 4.78 is 0. The second-order valence-electron chi connectivity index (χ2n) is 2.39. The van der Waals surface area contributed by atoms with Crippen LogP contribution in [0.3, 0.4) is 0 Å². The standard InChI is InChI=1S/C8H15NO/c1-3-4-5-6-7(2)8(9)10/h6H,3-5H2,1-2H3,(H2,9,10)/b7-6-. The van der Waals surface area contributed by atoms with Crippen LogP contribution in [0, 0.1) is 0 Å². The van der Waals surface area contributed by atoms with Gasteiger partial charge in [-0.3, -0.25) is 4.79 Å². The minimum absolute atomic E-state index is 0.309. The zero-order chi connectivity index (χ0) is 7.98. The number of carbonyl (C=O) groups excluding carboxylic acids is 1. The molecule has 0 aromatic rings. The van der Waals surface area contributed by atoms with E-state index in [-0.39, 0.29) is 5.91 Å². The van der Waals surface area contributed by atoms with Crippen LogP contribution >= 0.6 is 0 Å². The van der Waals surface area contributed by atoms with Gasteiger partial charge in [-0.05, 0) is 13.3 Å². The van der Waals surface area contributed by atoms with Gasteiger partial charge in [0, 0.05) is 5.57 Å². The Morgan fingerprint density at radius 1 is 1.60 bits per heavy atom. The Morgan fingerprint density at radius 2 is 2.20 bits per heavy atom. The Bertz CT molecular complexity index is 138. The minimum atomic E-state index is -0.309. The molecule has 0 saturated carbocycles. The summed E-state index contributed by atoms with van der Waals surface area (Å²) in [6.07, 6.45) is 5.14. The molecule has 0 unspecified atom stereocenters. The van der Waals surface area contributed by atoms with Crippen LogP contribution in [0.25, 0.3) is 0 Å². The number of nitrogens with two attached hydrogens (primary N) is 1.